The summed E-state index contributed by atoms with van der Waals surface area (Å²) in [4.78, 5) is 35.6. The van der Waals surface area contributed by atoms with Crippen molar-refractivity contribution >= 4 is 18.0 Å². The number of nitrogens with zero attached hydrogens (tertiary/aromatic N) is 1. The molecule has 1 unspecified atom stereocenters. The lowest BCUT2D eigenvalue weighted by atomic mass is 10.1. The van der Waals surface area contributed by atoms with Gasteiger partial charge in [0.05, 0.1) is 6.61 Å². The molecule has 1 fully saturated rings. The van der Waals surface area contributed by atoms with Crippen LogP contribution in [0.2, 0.25) is 0 Å². The van der Waals surface area contributed by atoms with Crippen LogP contribution in [0.4, 0.5) is 4.79 Å². The number of carbonyl (C=O) groups excluding carboxylic acids is 3. The van der Waals surface area contributed by atoms with Crippen LogP contribution in [-0.4, -0.2) is 41.6 Å². The predicted octanol–water partition coefficient (Wildman–Crippen LogP) is 1.09. The van der Waals surface area contributed by atoms with Crippen molar-refractivity contribution in [3.63, 3.8) is 0 Å². The minimum absolute atomic E-state index is 0.240. The molecule has 0 aromatic rings. The highest BCUT2D eigenvalue weighted by molar-refractivity contribution is 5.97. The SMILES string of the molecule is CCC[C@@H](C(=O)OCC)N1C(=O)OC(=O)C1C. The first-order valence-corrected chi connectivity index (χ1v) is 5.73. The zero-order chi connectivity index (χ0) is 13.0. The summed E-state index contributed by atoms with van der Waals surface area (Å²) in [7, 11) is 0. The Morgan fingerprint density at radius 3 is 2.53 bits per heavy atom. The van der Waals surface area contributed by atoms with Crippen molar-refractivity contribution in [2.75, 3.05) is 6.61 Å². The minimum atomic E-state index is -0.769. The largest absolute Gasteiger partial charge is 0.464 e. The maximum absolute atomic E-state index is 11.7. The lowest BCUT2D eigenvalue weighted by Crippen LogP contribution is -2.46. The van der Waals surface area contributed by atoms with Gasteiger partial charge in [0.1, 0.15) is 12.1 Å². The monoisotopic (exact) mass is 243 g/mol. The molecule has 0 spiro atoms. The van der Waals surface area contributed by atoms with Gasteiger partial charge in [-0.3, -0.25) is 4.90 Å². The Bertz CT molecular complexity index is 328. The molecule has 0 bridgehead atoms. The standard InChI is InChI=1S/C11H17NO5/c1-4-6-8(10(14)16-5-2)12-7(3)9(13)17-11(12)15/h7-8H,4-6H2,1-3H3/t7?,8-/m0/s1. The summed E-state index contributed by atoms with van der Waals surface area (Å²) in [6, 6.07) is -1.47. The van der Waals surface area contributed by atoms with Crippen molar-refractivity contribution in [1.29, 1.82) is 0 Å². The van der Waals surface area contributed by atoms with Crippen LogP contribution in [0.3, 0.4) is 0 Å². The zero-order valence-electron chi connectivity index (χ0n) is 10.3. The summed E-state index contributed by atoms with van der Waals surface area (Å²) < 4.78 is 9.38. The Morgan fingerprint density at radius 2 is 2.12 bits per heavy atom. The van der Waals surface area contributed by atoms with Gasteiger partial charge in [0.2, 0.25) is 0 Å². The van der Waals surface area contributed by atoms with E-state index in [2.05, 4.69) is 4.74 Å². The van der Waals surface area contributed by atoms with Gasteiger partial charge in [0.25, 0.3) is 0 Å². The molecule has 0 aromatic heterocycles. The van der Waals surface area contributed by atoms with E-state index in [1.807, 2.05) is 6.92 Å². The van der Waals surface area contributed by atoms with E-state index in [1.54, 1.807) is 6.92 Å². The smallest absolute Gasteiger partial charge is 0.419 e. The number of amides is 1. The van der Waals surface area contributed by atoms with Gasteiger partial charge in [0, 0.05) is 0 Å². The van der Waals surface area contributed by atoms with Gasteiger partial charge in [0.15, 0.2) is 0 Å². The highest BCUT2D eigenvalue weighted by atomic mass is 16.6. The van der Waals surface area contributed by atoms with E-state index >= 15 is 0 Å². The average Bonchev–Trinajstić information content (AvgIpc) is 2.51. The van der Waals surface area contributed by atoms with Crippen LogP contribution in [0.15, 0.2) is 0 Å². The van der Waals surface area contributed by atoms with E-state index < -0.39 is 30.1 Å². The number of ether oxygens (including phenoxy) is 2. The molecule has 96 valence electrons. The van der Waals surface area contributed by atoms with Crippen LogP contribution < -0.4 is 0 Å². The maximum Gasteiger partial charge on any atom is 0.419 e. The topological polar surface area (TPSA) is 72.9 Å². The third-order valence-electron chi connectivity index (χ3n) is 2.61. The number of carbonyl (C=O) groups is 3. The number of hydrogen-bond donors (Lipinski definition) is 0. The fourth-order valence-corrected chi connectivity index (χ4v) is 1.78. The first-order chi connectivity index (χ1) is 8.02. The summed E-state index contributed by atoms with van der Waals surface area (Å²) in [5.41, 5.74) is 0. The predicted molar refractivity (Wildman–Crippen MR) is 58.1 cm³/mol. The molecule has 1 heterocycles. The van der Waals surface area contributed by atoms with Gasteiger partial charge < -0.3 is 9.47 Å². The van der Waals surface area contributed by atoms with Crippen molar-refractivity contribution in [3.05, 3.63) is 0 Å². The molecular formula is C11H17NO5. The molecule has 1 aliphatic heterocycles. The molecule has 0 saturated carbocycles. The Labute approximate surface area is 99.9 Å². The summed E-state index contributed by atoms with van der Waals surface area (Å²) in [5, 5.41) is 0. The Morgan fingerprint density at radius 1 is 1.47 bits per heavy atom. The van der Waals surface area contributed by atoms with E-state index in [0.717, 1.165) is 4.90 Å². The van der Waals surface area contributed by atoms with E-state index in [1.165, 1.54) is 6.92 Å². The van der Waals surface area contributed by atoms with Crippen molar-refractivity contribution in [2.24, 2.45) is 0 Å². The summed E-state index contributed by atoms with van der Waals surface area (Å²) in [6.45, 7) is 5.36. The van der Waals surface area contributed by atoms with Crippen molar-refractivity contribution in [3.8, 4) is 0 Å². The third kappa shape index (κ3) is 2.75. The van der Waals surface area contributed by atoms with Crippen LogP contribution in [0.25, 0.3) is 0 Å². The van der Waals surface area contributed by atoms with Gasteiger partial charge in [-0.2, -0.15) is 0 Å². The molecule has 6 heteroatoms. The molecule has 0 N–H and O–H groups in total. The number of hydrogen-bond acceptors (Lipinski definition) is 5. The fraction of sp³-hybridized carbons (Fsp3) is 0.727. The molecule has 0 aliphatic carbocycles. The van der Waals surface area contributed by atoms with Gasteiger partial charge in [-0.1, -0.05) is 13.3 Å². The summed E-state index contributed by atoms with van der Waals surface area (Å²) in [6.07, 6.45) is 0.383. The van der Waals surface area contributed by atoms with Crippen LogP contribution in [0, 0.1) is 0 Å². The molecular weight excluding hydrogens is 226 g/mol. The first-order valence-electron chi connectivity index (χ1n) is 5.73. The molecule has 17 heavy (non-hydrogen) atoms. The van der Waals surface area contributed by atoms with Gasteiger partial charge in [-0.25, -0.2) is 14.4 Å². The van der Waals surface area contributed by atoms with Crippen LogP contribution in [0.5, 0.6) is 0 Å². The van der Waals surface area contributed by atoms with E-state index in [-0.39, 0.29) is 6.61 Å². The number of cyclic esters (lactones) is 2. The Kier molecular flexibility index (Phi) is 4.48. The quantitative estimate of drug-likeness (QED) is 0.533. The molecule has 0 radical (unpaired) electrons. The Balaban J connectivity index is 2.86. The van der Waals surface area contributed by atoms with Crippen molar-refractivity contribution < 1.29 is 23.9 Å². The number of rotatable bonds is 5. The van der Waals surface area contributed by atoms with Crippen LogP contribution >= 0.6 is 0 Å². The van der Waals surface area contributed by atoms with Crippen LogP contribution in [-0.2, 0) is 19.1 Å². The van der Waals surface area contributed by atoms with Crippen molar-refractivity contribution in [2.45, 2.75) is 45.7 Å². The highest BCUT2D eigenvalue weighted by Gasteiger charge is 2.44. The third-order valence-corrected chi connectivity index (χ3v) is 2.61. The average molecular weight is 243 g/mol. The minimum Gasteiger partial charge on any atom is -0.464 e. The molecule has 6 nitrogen and oxygen atoms in total. The van der Waals surface area contributed by atoms with E-state index in [9.17, 15) is 14.4 Å². The van der Waals surface area contributed by atoms with Crippen molar-refractivity contribution in [1.82, 2.24) is 4.90 Å². The van der Waals surface area contributed by atoms with E-state index in [4.69, 9.17) is 4.74 Å². The molecule has 0 aromatic carbocycles. The highest BCUT2D eigenvalue weighted by Crippen LogP contribution is 2.21. The molecule has 1 saturated heterocycles. The second-order valence-corrected chi connectivity index (χ2v) is 3.83. The Hall–Kier alpha value is -1.59. The molecule has 1 rings (SSSR count). The van der Waals surface area contributed by atoms with Crippen LogP contribution in [0.1, 0.15) is 33.6 Å². The van der Waals surface area contributed by atoms with E-state index in [0.29, 0.717) is 12.8 Å². The summed E-state index contributed by atoms with van der Waals surface area (Å²) in [5.74, 6) is -1.12. The molecule has 1 amide bonds. The molecule has 1 aliphatic rings. The molecule has 2 atom stereocenters. The fourth-order valence-electron chi connectivity index (χ4n) is 1.78. The second-order valence-electron chi connectivity index (χ2n) is 3.83. The second kappa shape index (κ2) is 5.65. The maximum atomic E-state index is 11.7. The zero-order valence-corrected chi connectivity index (χ0v) is 10.3. The number of esters is 2. The first kappa shape index (κ1) is 13.5. The summed E-state index contributed by atoms with van der Waals surface area (Å²) >= 11 is 0. The lowest BCUT2D eigenvalue weighted by Gasteiger charge is -2.25. The normalized spacial score (nSPS) is 21.4. The lowest BCUT2D eigenvalue weighted by molar-refractivity contribution is -0.149. The van der Waals surface area contributed by atoms with Gasteiger partial charge in [-0.05, 0) is 20.3 Å². The van der Waals surface area contributed by atoms with Gasteiger partial charge >= 0.3 is 18.0 Å². The van der Waals surface area contributed by atoms with Gasteiger partial charge in [-0.15, -0.1) is 0 Å².